The van der Waals surface area contributed by atoms with Crippen LogP contribution in [0.1, 0.15) is 19.5 Å². The smallest absolute Gasteiger partial charge is 0.433 e. The maximum atomic E-state index is 12.8. The van der Waals surface area contributed by atoms with Crippen LogP contribution in [0.4, 0.5) is 13.2 Å². The summed E-state index contributed by atoms with van der Waals surface area (Å²) in [5.41, 5.74) is -0.812. The van der Waals surface area contributed by atoms with Gasteiger partial charge in [0.2, 0.25) is 5.88 Å². The number of hydrogen-bond donors (Lipinski definition) is 1. The van der Waals surface area contributed by atoms with E-state index in [1.165, 1.54) is 12.4 Å². The number of aromatic amines is 1. The van der Waals surface area contributed by atoms with Crippen molar-refractivity contribution in [3.63, 3.8) is 0 Å². The first-order chi connectivity index (χ1) is 8.86. The molecule has 0 saturated heterocycles. The van der Waals surface area contributed by atoms with Crippen molar-refractivity contribution in [3.8, 4) is 17.3 Å². The summed E-state index contributed by atoms with van der Waals surface area (Å²) in [6, 6.07) is 2.28. The molecule has 0 aliphatic carbocycles. The van der Waals surface area contributed by atoms with Crippen molar-refractivity contribution in [1.82, 2.24) is 20.2 Å². The van der Waals surface area contributed by atoms with E-state index in [-0.39, 0.29) is 23.4 Å². The van der Waals surface area contributed by atoms with E-state index >= 15 is 0 Å². The molecular formula is C11H11F3N4O. The van der Waals surface area contributed by atoms with Crippen molar-refractivity contribution in [2.45, 2.75) is 26.1 Å². The van der Waals surface area contributed by atoms with Gasteiger partial charge in [-0.2, -0.15) is 18.3 Å². The Hall–Kier alpha value is -2.12. The van der Waals surface area contributed by atoms with Crippen LogP contribution < -0.4 is 4.74 Å². The summed E-state index contributed by atoms with van der Waals surface area (Å²) in [7, 11) is 0. The minimum absolute atomic E-state index is 0.101. The molecule has 0 spiro atoms. The van der Waals surface area contributed by atoms with E-state index < -0.39 is 11.9 Å². The van der Waals surface area contributed by atoms with E-state index in [1.807, 2.05) is 0 Å². The summed E-state index contributed by atoms with van der Waals surface area (Å²) in [4.78, 5) is 7.26. The van der Waals surface area contributed by atoms with E-state index in [2.05, 4.69) is 20.2 Å². The highest BCUT2D eigenvalue weighted by Crippen LogP contribution is 2.32. The van der Waals surface area contributed by atoms with E-state index in [4.69, 9.17) is 4.74 Å². The monoisotopic (exact) mass is 272 g/mol. The molecule has 8 heteroatoms. The van der Waals surface area contributed by atoms with Gasteiger partial charge in [0.1, 0.15) is 12.0 Å². The average Bonchev–Trinajstić information content (AvgIpc) is 2.79. The van der Waals surface area contributed by atoms with Crippen LogP contribution in [0.5, 0.6) is 5.88 Å². The van der Waals surface area contributed by atoms with Crippen LogP contribution in [0.3, 0.4) is 0 Å². The highest BCUT2D eigenvalue weighted by atomic mass is 19.4. The summed E-state index contributed by atoms with van der Waals surface area (Å²) in [5, 5.41) is 6.10. The number of nitrogens with one attached hydrogen (secondary N) is 1. The van der Waals surface area contributed by atoms with Crippen molar-refractivity contribution in [2.75, 3.05) is 0 Å². The first-order valence-electron chi connectivity index (χ1n) is 5.48. The molecule has 0 bridgehead atoms. The first kappa shape index (κ1) is 13.3. The van der Waals surface area contributed by atoms with Crippen LogP contribution in [0.15, 0.2) is 18.5 Å². The molecule has 19 heavy (non-hydrogen) atoms. The molecule has 5 nitrogen and oxygen atoms in total. The van der Waals surface area contributed by atoms with Crippen molar-refractivity contribution in [3.05, 3.63) is 24.2 Å². The molecule has 0 amide bonds. The van der Waals surface area contributed by atoms with Gasteiger partial charge in [-0.05, 0) is 19.9 Å². The number of rotatable bonds is 3. The van der Waals surface area contributed by atoms with E-state index in [0.717, 1.165) is 6.07 Å². The number of alkyl halides is 3. The van der Waals surface area contributed by atoms with Crippen molar-refractivity contribution < 1.29 is 17.9 Å². The molecule has 2 aromatic rings. The van der Waals surface area contributed by atoms with Crippen LogP contribution in [-0.2, 0) is 6.18 Å². The zero-order valence-electron chi connectivity index (χ0n) is 10.2. The van der Waals surface area contributed by atoms with Gasteiger partial charge in [-0.15, -0.1) is 0 Å². The Morgan fingerprint density at radius 3 is 2.53 bits per heavy atom. The molecule has 2 aromatic heterocycles. The Kier molecular flexibility index (Phi) is 3.41. The van der Waals surface area contributed by atoms with Gasteiger partial charge in [0.15, 0.2) is 5.82 Å². The summed E-state index contributed by atoms with van der Waals surface area (Å²) in [5.74, 6) is 0.123. The largest absolute Gasteiger partial charge is 0.475 e. The minimum Gasteiger partial charge on any atom is -0.475 e. The number of ether oxygens (including phenoxy) is 1. The Balaban J connectivity index is 2.49. The van der Waals surface area contributed by atoms with Gasteiger partial charge in [0.05, 0.1) is 6.10 Å². The maximum Gasteiger partial charge on any atom is 0.433 e. The third kappa shape index (κ3) is 3.21. The average molecular weight is 272 g/mol. The number of nitrogens with zero attached hydrogens (tertiary/aromatic N) is 3. The molecule has 0 aliphatic rings. The normalized spacial score (nSPS) is 11.9. The Labute approximate surface area is 106 Å². The van der Waals surface area contributed by atoms with Gasteiger partial charge in [-0.1, -0.05) is 0 Å². The van der Waals surface area contributed by atoms with E-state index in [9.17, 15) is 13.2 Å². The number of hydrogen-bond acceptors (Lipinski definition) is 4. The molecule has 0 saturated carbocycles. The topological polar surface area (TPSA) is 63.7 Å². The molecule has 2 heterocycles. The zero-order valence-corrected chi connectivity index (χ0v) is 10.2. The van der Waals surface area contributed by atoms with E-state index in [0.29, 0.717) is 0 Å². The highest BCUT2D eigenvalue weighted by Gasteiger charge is 2.33. The second kappa shape index (κ2) is 4.87. The summed E-state index contributed by atoms with van der Waals surface area (Å²) >= 11 is 0. The quantitative estimate of drug-likeness (QED) is 0.933. The number of pyridine rings is 1. The van der Waals surface area contributed by atoms with E-state index in [1.54, 1.807) is 13.8 Å². The second-order valence-electron chi connectivity index (χ2n) is 4.08. The number of aromatic nitrogens is 4. The number of halogens is 3. The Morgan fingerprint density at radius 1 is 1.26 bits per heavy atom. The maximum absolute atomic E-state index is 12.8. The van der Waals surface area contributed by atoms with Gasteiger partial charge in [-0.3, -0.25) is 5.10 Å². The molecule has 0 aliphatic heterocycles. The third-order valence-corrected chi connectivity index (χ3v) is 2.14. The van der Waals surface area contributed by atoms with Crippen LogP contribution in [0.2, 0.25) is 0 Å². The second-order valence-corrected chi connectivity index (χ2v) is 4.08. The van der Waals surface area contributed by atoms with Gasteiger partial charge in [0, 0.05) is 11.6 Å². The lowest BCUT2D eigenvalue weighted by Gasteiger charge is -2.13. The lowest BCUT2D eigenvalue weighted by Crippen LogP contribution is -2.12. The lowest BCUT2D eigenvalue weighted by atomic mass is 10.2. The summed E-state index contributed by atoms with van der Waals surface area (Å²) < 4.78 is 43.5. The van der Waals surface area contributed by atoms with Gasteiger partial charge in [0.25, 0.3) is 0 Å². The van der Waals surface area contributed by atoms with Gasteiger partial charge >= 0.3 is 6.18 Å². The fraction of sp³-hybridized carbons (Fsp3) is 0.364. The SMILES string of the molecule is CC(C)Oc1cc(-c2ncn[nH]2)cc(C(F)(F)F)n1. The zero-order chi connectivity index (χ0) is 14.0. The minimum atomic E-state index is -4.55. The third-order valence-electron chi connectivity index (χ3n) is 2.14. The fourth-order valence-corrected chi connectivity index (χ4v) is 1.43. The van der Waals surface area contributed by atoms with Crippen LogP contribution >= 0.6 is 0 Å². The molecule has 0 radical (unpaired) electrons. The van der Waals surface area contributed by atoms with Crippen LogP contribution in [0, 0.1) is 0 Å². The molecule has 0 fully saturated rings. The molecule has 102 valence electrons. The lowest BCUT2D eigenvalue weighted by molar-refractivity contribution is -0.141. The van der Waals surface area contributed by atoms with Gasteiger partial charge < -0.3 is 4.74 Å². The number of H-pyrrole nitrogens is 1. The van der Waals surface area contributed by atoms with Crippen LogP contribution in [0.25, 0.3) is 11.4 Å². The van der Waals surface area contributed by atoms with Crippen molar-refractivity contribution in [2.24, 2.45) is 0 Å². The first-order valence-corrected chi connectivity index (χ1v) is 5.48. The van der Waals surface area contributed by atoms with Crippen molar-refractivity contribution >= 4 is 0 Å². The predicted octanol–water partition coefficient (Wildman–Crippen LogP) is 2.67. The Bertz CT molecular complexity index is 552. The molecule has 0 atom stereocenters. The molecular weight excluding hydrogens is 261 g/mol. The summed E-state index contributed by atoms with van der Waals surface area (Å²) in [6.07, 6.45) is -3.62. The fourth-order valence-electron chi connectivity index (χ4n) is 1.43. The molecule has 0 unspecified atom stereocenters. The molecule has 2 rings (SSSR count). The molecule has 0 aromatic carbocycles. The van der Waals surface area contributed by atoms with Gasteiger partial charge in [-0.25, -0.2) is 9.97 Å². The predicted molar refractivity (Wildman–Crippen MR) is 60.4 cm³/mol. The highest BCUT2D eigenvalue weighted by molar-refractivity contribution is 5.56. The Morgan fingerprint density at radius 2 is 2.00 bits per heavy atom. The molecule has 1 N–H and O–H groups in total. The van der Waals surface area contributed by atoms with Crippen molar-refractivity contribution in [1.29, 1.82) is 0 Å². The summed E-state index contributed by atoms with van der Waals surface area (Å²) in [6.45, 7) is 3.41. The van der Waals surface area contributed by atoms with Crippen LogP contribution in [-0.4, -0.2) is 26.3 Å². The standard InChI is InChI=1S/C11H11F3N4O/c1-6(2)19-9-4-7(10-15-5-16-18-10)3-8(17-9)11(12,13)14/h3-6H,1-2H3,(H,15,16,18).